The number of carbonyl (C=O) groups is 1. The lowest BCUT2D eigenvalue weighted by molar-refractivity contribution is 0.0715. The molecule has 0 radical (unpaired) electrons. The van der Waals surface area contributed by atoms with Crippen LogP contribution in [0.1, 0.15) is 27.4 Å². The third-order valence-electron chi connectivity index (χ3n) is 2.71. The van der Waals surface area contributed by atoms with E-state index in [2.05, 4.69) is 4.98 Å². The second-order valence-electron chi connectivity index (χ2n) is 4.11. The third-order valence-corrected chi connectivity index (χ3v) is 3.29. The zero-order valence-electron chi connectivity index (χ0n) is 9.82. The van der Waals surface area contributed by atoms with Gasteiger partial charge in [0.1, 0.15) is 17.1 Å². The minimum Gasteiger partial charge on any atom is -0.451 e. The molecule has 0 saturated carbocycles. The van der Waals surface area contributed by atoms with Gasteiger partial charge in [0.25, 0.3) is 5.56 Å². The molecule has 3 rings (SSSR count). The Bertz CT molecular complexity index is 769. The average Bonchev–Trinajstić information content (AvgIpc) is 2.84. The van der Waals surface area contributed by atoms with Gasteiger partial charge in [0, 0.05) is 17.3 Å². The van der Waals surface area contributed by atoms with Gasteiger partial charge < -0.3 is 14.1 Å². The molecule has 1 aliphatic heterocycles. The molecule has 0 fully saturated rings. The molecule has 5 nitrogen and oxygen atoms in total. The van der Waals surface area contributed by atoms with Crippen LogP contribution in [-0.2, 0) is 4.74 Å². The maximum absolute atomic E-state index is 11.7. The van der Waals surface area contributed by atoms with Crippen molar-refractivity contribution in [3.63, 3.8) is 0 Å². The monoisotopic (exact) mass is 369 g/mol. The summed E-state index contributed by atoms with van der Waals surface area (Å²) in [5.41, 5.74) is 0.773. The minimum absolute atomic E-state index is 0.0399. The Kier molecular flexibility index (Phi) is 2.81. The smallest absolute Gasteiger partial charge is 0.349 e. The Morgan fingerprint density at radius 1 is 1.32 bits per heavy atom. The number of esters is 1. The van der Waals surface area contributed by atoms with Crippen molar-refractivity contribution in [3.05, 3.63) is 54.9 Å². The van der Waals surface area contributed by atoms with E-state index >= 15 is 0 Å². The van der Waals surface area contributed by atoms with Crippen molar-refractivity contribution in [1.29, 1.82) is 0 Å². The van der Waals surface area contributed by atoms with Crippen LogP contribution in [0, 0.1) is 10.7 Å². The molecule has 0 atom stereocenters. The molecule has 0 unspecified atom stereocenters. The van der Waals surface area contributed by atoms with E-state index in [1.807, 2.05) is 22.6 Å². The van der Waals surface area contributed by atoms with Crippen LogP contribution in [0.4, 0.5) is 0 Å². The predicted octanol–water partition coefficient (Wildman–Crippen LogP) is 2.55. The highest BCUT2D eigenvalue weighted by Gasteiger charge is 2.30. The largest absolute Gasteiger partial charge is 0.451 e. The first-order chi connectivity index (χ1) is 9.04. The van der Waals surface area contributed by atoms with E-state index < -0.39 is 11.5 Å². The van der Waals surface area contributed by atoms with Gasteiger partial charge in [0.05, 0.1) is 0 Å². The van der Waals surface area contributed by atoms with Crippen molar-refractivity contribution in [2.75, 3.05) is 0 Å². The molecule has 0 aromatic carbocycles. The number of furan rings is 1. The fourth-order valence-electron chi connectivity index (χ4n) is 1.93. The van der Waals surface area contributed by atoms with Crippen LogP contribution in [0.25, 0.3) is 11.8 Å². The molecule has 0 bridgehead atoms. The number of aromatic nitrogens is 1. The van der Waals surface area contributed by atoms with Crippen LogP contribution < -0.4 is 5.56 Å². The Morgan fingerprint density at radius 3 is 2.79 bits per heavy atom. The van der Waals surface area contributed by atoms with E-state index in [0.717, 1.165) is 3.77 Å². The first-order valence-corrected chi connectivity index (χ1v) is 6.56. The second kappa shape index (κ2) is 4.37. The van der Waals surface area contributed by atoms with E-state index in [1.165, 1.54) is 0 Å². The normalized spacial score (nSPS) is 15.7. The number of carbonyl (C=O) groups excluding carboxylic acids is 1. The van der Waals surface area contributed by atoms with Gasteiger partial charge >= 0.3 is 5.97 Å². The van der Waals surface area contributed by atoms with Gasteiger partial charge in [0.2, 0.25) is 0 Å². The molecule has 2 aromatic heterocycles. The lowest BCUT2D eigenvalue weighted by Gasteiger charge is -1.98. The summed E-state index contributed by atoms with van der Waals surface area (Å²) < 4.78 is 11.2. The van der Waals surface area contributed by atoms with Gasteiger partial charge in [-0.25, -0.2) is 4.79 Å². The van der Waals surface area contributed by atoms with Crippen molar-refractivity contribution in [2.24, 2.45) is 0 Å². The number of H-pyrrole nitrogens is 1. The van der Waals surface area contributed by atoms with Crippen LogP contribution in [0.5, 0.6) is 0 Å². The summed E-state index contributed by atoms with van der Waals surface area (Å²) in [4.78, 5) is 26.0. The molecule has 1 aliphatic rings. The van der Waals surface area contributed by atoms with E-state index in [-0.39, 0.29) is 5.56 Å². The number of aryl methyl sites for hydroxylation is 1. The van der Waals surface area contributed by atoms with Crippen LogP contribution in [0.15, 0.2) is 27.4 Å². The Morgan fingerprint density at radius 2 is 2.11 bits per heavy atom. The number of nitrogens with one attached hydrogen (secondary N) is 1. The quantitative estimate of drug-likeness (QED) is 0.620. The standard InChI is InChI=1S/C13H8INO4/c1-6-4-8-9(5-7-2-3-10(14)18-7)19-13(17)11(8)12(16)15-6/h2-5H,1H3,(H,15,16). The highest BCUT2D eigenvalue weighted by molar-refractivity contribution is 14.1. The van der Waals surface area contributed by atoms with Crippen molar-refractivity contribution in [3.8, 4) is 0 Å². The number of aromatic amines is 1. The summed E-state index contributed by atoms with van der Waals surface area (Å²) in [6.07, 6.45) is 1.60. The lowest BCUT2D eigenvalue weighted by atomic mass is 10.1. The number of pyridine rings is 1. The number of hydrogen-bond donors (Lipinski definition) is 1. The number of rotatable bonds is 1. The molecule has 2 aromatic rings. The van der Waals surface area contributed by atoms with Gasteiger partial charge in [-0.2, -0.15) is 0 Å². The second-order valence-corrected chi connectivity index (χ2v) is 5.17. The average molecular weight is 369 g/mol. The first-order valence-electron chi connectivity index (χ1n) is 5.48. The molecule has 0 spiro atoms. The topological polar surface area (TPSA) is 72.3 Å². The molecule has 0 aliphatic carbocycles. The molecule has 1 N–H and O–H groups in total. The van der Waals surface area contributed by atoms with Gasteiger partial charge in [-0.05, 0) is 47.7 Å². The number of cyclic esters (lactones) is 1. The fourth-order valence-corrected chi connectivity index (χ4v) is 2.37. The van der Waals surface area contributed by atoms with E-state index in [9.17, 15) is 9.59 Å². The molecular weight excluding hydrogens is 361 g/mol. The molecule has 96 valence electrons. The summed E-state index contributed by atoms with van der Waals surface area (Å²) in [6, 6.07) is 5.27. The van der Waals surface area contributed by atoms with Crippen molar-refractivity contribution in [1.82, 2.24) is 4.98 Å². The molecule has 0 saturated heterocycles. The van der Waals surface area contributed by atoms with Crippen LogP contribution in [-0.4, -0.2) is 11.0 Å². The Hall–Kier alpha value is -1.83. The Balaban J connectivity index is 2.17. The minimum atomic E-state index is -0.635. The lowest BCUT2D eigenvalue weighted by Crippen LogP contribution is -2.16. The summed E-state index contributed by atoms with van der Waals surface area (Å²) in [7, 11) is 0. The molecule has 6 heteroatoms. The summed E-state index contributed by atoms with van der Waals surface area (Å²) in [5.74, 6) is 0.265. The van der Waals surface area contributed by atoms with Crippen molar-refractivity contribution in [2.45, 2.75) is 6.92 Å². The van der Waals surface area contributed by atoms with Gasteiger partial charge in [-0.1, -0.05) is 0 Å². The van der Waals surface area contributed by atoms with E-state index in [1.54, 1.807) is 31.2 Å². The van der Waals surface area contributed by atoms with Crippen LogP contribution in [0.3, 0.4) is 0 Å². The highest BCUT2D eigenvalue weighted by atomic mass is 127. The molecular formula is C13H8INO4. The summed E-state index contributed by atoms with van der Waals surface area (Å²) >= 11 is 2.04. The molecule has 19 heavy (non-hydrogen) atoms. The van der Waals surface area contributed by atoms with Gasteiger partial charge in [0.15, 0.2) is 3.77 Å². The zero-order valence-corrected chi connectivity index (χ0v) is 12.0. The zero-order chi connectivity index (χ0) is 13.6. The van der Waals surface area contributed by atoms with Crippen LogP contribution >= 0.6 is 22.6 Å². The summed E-state index contributed by atoms with van der Waals surface area (Å²) in [6.45, 7) is 1.75. The fraction of sp³-hybridized carbons (Fsp3) is 0.0769. The number of ether oxygens (including phenoxy) is 1. The first kappa shape index (κ1) is 12.2. The van der Waals surface area contributed by atoms with Crippen LogP contribution in [0.2, 0.25) is 0 Å². The molecule has 0 amide bonds. The highest BCUT2D eigenvalue weighted by Crippen LogP contribution is 2.29. The summed E-state index contributed by atoms with van der Waals surface area (Å²) in [5, 5.41) is 0. The number of halogens is 1. The molecule has 3 heterocycles. The van der Waals surface area contributed by atoms with E-state index in [0.29, 0.717) is 22.8 Å². The maximum Gasteiger partial charge on any atom is 0.349 e. The van der Waals surface area contributed by atoms with Crippen molar-refractivity contribution >= 4 is 40.4 Å². The van der Waals surface area contributed by atoms with Crippen molar-refractivity contribution < 1.29 is 13.9 Å². The maximum atomic E-state index is 11.7. The third kappa shape index (κ3) is 2.12. The van der Waals surface area contributed by atoms with Gasteiger partial charge in [-0.15, -0.1) is 0 Å². The Labute approximate surface area is 121 Å². The van der Waals surface area contributed by atoms with Gasteiger partial charge in [-0.3, -0.25) is 4.79 Å². The predicted molar refractivity (Wildman–Crippen MR) is 76.5 cm³/mol. The SMILES string of the molecule is Cc1cc2c(c(=O)[nH]1)C(=O)OC2=Cc1ccc(I)o1. The number of hydrogen-bond acceptors (Lipinski definition) is 4. The van der Waals surface area contributed by atoms with E-state index in [4.69, 9.17) is 9.15 Å². The number of fused-ring (bicyclic) bond motifs is 1.